The maximum Gasteiger partial charge on any atom is 0.243 e. The van der Waals surface area contributed by atoms with Crippen LogP contribution in [0.15, 0.2) is 42.5 Å². The third-order valence-electron chi connectivity index (χ3n) is 4.11. The third-order valence-corrected chi connectivity index (χ3v) is 4.11. The minimum absolute atomic E-state index is 0.0257. The fraction of sp³-hybridized carbons (Fsp3) is 0.316. The molecular formula is C19H23N3O2. The normalized spacial score (nSPS) is 16.2. The number of nitrogens with zero attached hydrogens (tertiary/aromatic N) is 1. The lowest BCUT2D eigenvalue weighted by Gasteiger charge is -2.34. The van der Waals surface area contributed by atoms with E-state index in [2.05, 4.69) is 12.2 Å². The number of ether oxygens (including phenoxy) is 1. The molecule has 1 unspecified atom stereocenters. The minimum Gasteiger partial charge on any atom is -0.487 e. The Kier molecular flexibility index (Phi) is 4.60. The summed E-state index contributed by atoms with van der Waals surface area (Å²) in [6.07, 6.45) is 1.01. The Balaban J connectivity index is 1.71. The second kappa shape index (κ2) is 6.83. The van der Waals surface area contributed by atoms with Gasteiger partial charge in [-0.1, -0.05) is 19.1 Å². The van der Waals surface area contributed by atoms with Gasteiger partial charge in [0.05, 0.1) is 18.8 Å². The largest absolute Gasteiger partial charge is 0.487 e. The molecule has 3 N–H and O–H groups in total. The summed E-state index contributed by atoms with van der Waals surface area (Å²) in [7, 11) is 0. The van der Waals surface area contributed by atoms with Gasteiger partial charge >= 0.3 is 0 Å². The molecule has 3 rings (SSSR count). The van der Waals surface area contributed by atoms with Crippen LogP contribution >= 0.6 is 0 Å². The standard InChI is InChI=1S/C19H23N3O2/c1-3-14-4-7-16(8-5-14)21-19(23)12-22-11-13(2)24-18-9-6-15(20)10-17(18)22/h4-10,13H,3,11-12,20H2,1-2H3,(H,21,23). The number of nitrogens with two attached hydrogens (primary N) is 1. The van der Waals surface area contributed by atoms with Crippen LogP contribution in [-0.4, -0.2) is 25.1 Å². The number of hydrogen-bond acceptors (Lipinski definition) is 4. The van der Waals surface area contributed by atoms with Crippen LogP contribution in [0.5, 0.6) is 5.75 Å². The Morgan fingerprint density at radius 1 is 1.29 bits per heavy atom. The summed E-state index contributed by atoms with van der Waals surface area (Å²) < 4.78 is 5.81. The number of anilines is 3. The van der Waals surface area contributed by atoms with E-state index in [-0.39, 0.29) is 18.6 Å². The Bertz CT molecular complexity index is 728. The molecule has 5 nitrogen and oxygen atoms in total. The van der Waals surface area contributed by atoms with Crippen molar-refractivity contribution in [2.75, 3.05) is 29.0 Å². The molecule has 0 saturated carbocycles. The zero-order chi connectivity index (χ0) is 17.1. The van der Waals surface area contributed by atoms with Crippen LogP contribution < -0.4 is 20.7 Å². The van der Waals surface area contributed by atoms with Crippen molar-refractivity contribution in [1.82, 2.24) is 0 Å². The summed E-state index contributed by atoms with van der Waals surface area (Å²) in [5.41, 5.74) is 9.46. The molecule has 0 aromatic heterocycles. The molecule has 24 heavy (non-hydrogen) atoms. The van der Waals surface area contributed by atoms with E-state index in [9.17, 15) is 4.79 Å². The summed E-state index contributed by atoms with van der Waals surface area (Å²) in [5, 5.41) is 2.95. The highest BCUT2D eigenvalue weighted by Crippen LogP contribution is 2.34. The first kappa shape index (κ1) is 16.2. The second-order valence-electron chi connectivity index (χ2n) is 6.13. The van der Waals surface area contributed by atoms with Gasteiger partial charge in [-0.25, -0.2) is 0 Å². The Morgan fingerprint density at radius 2 is 2.04 bits per heavy atom. The number of rotatable bonds is 4. The van der Waals surface area contributed by atoms with Gasteiger partial charge in [0.25, 0.3) is 0 Å². The van der Waals surface area contributed by atoms with Gasteiger partial charge in [-0.05, 0) is 49.2 Å². The molecule has 1 atom stereocenters. The summed E-state index contributed by atoms with van der Waals surface area (Å²) in [6.45, 7) is 5.02. The molecule has 0 bridgehead atoms. The summed E-state index contributed by atoms with van der Waals surface area (Å²) in [4.78, 5) is 14.4. The molecule has 0 aliphatic carbocycles. The van der Waals surface area contributed by atoms with Crippen molar-refractivity contribution < 1.29 is 9.53 Å². The van der Waals surface area contributed by atoms with E-state index in [0.717, 1.165) is 23.5 Å². The molecular weight excluding hydrogens is 302 g/mol. The Labute approximate surface area is 142 Å². The van der Waals surface area contributed by atoms with E-state index >= 15 is 0 Å². The predicted molar refractivity (Wildman–Crippen MR) is 97.6 cm³/mol. The molecule has 1 amide bonds. The van der Waals surface area contributed by atoms with Crippen LogP contribution in [0, 0.1) is 0 Å². The number of nitrogens with one attached hydrogen (secondary N) is 1. The molecule has 1 aliphatic rings. The van der Waals surface area contributed by atoms with E-state index in [1.54, 1.807) is 0 Å². The number of nitrogen functional groups attached to an aromatic ring is 1. The Morgan fingerprint density at radius 3 is 2.75 bits per heavy atom. The van der Waals surface area contributed by atoms with E-state index in [4.69, 9.17) is 10.5 Å². The number of aryl methyl sites for hydroxylation is 1. The zero-order valence-electron chi connectivity index (χ0n) is 14.1. The highest BCUT2D eigenvalue weighted by atomic mass is 16.5. The fourth-order valence-corrected chi connectivity index (χ4v) is 2.89. The topological polar surface area (TPSA) is 67.6 Å². The van der Waals surface area contributed by atoms with Crippen molar-refractivity contribution in [2.24, 2.45) is 0 Å². The zero-order valence-corrected chi connectivity index (χ0v) is 14.1. The van der Waals surface area contributed by atoms with E-state index < -0.39 is 0 Å². The molecule has 0 fully saturated rings. The molecule has 1 aliphatic heterocycles. The first-order valence-electron chi connectivity index (χ1n) is 8.25. The average Bonchev–Trinajstić information content (AvgIpc) is 2.56. The predicted octanol–water partition coefficient (Wildman–Crippen LogP) is 3.06. The Hall–Kier alpha value is -2.69. The number of fused-ring (bicyclic) bond motifs is 1. The van der Waals surface area contributed by atoms with Crippen LogP contribution in [0.3, 0.4) is 0 Å². The van der Waals surface area contributed by atoms with Crippen molar-refractivity contribution in [3.63, 3.8) is 0 Å². The highest BCUT2D eigenvalue weighted by molar-refractivity contribution is 5.94. The lowest BCUT2D eigenvalue weighted by atomic mass is 10.1. The van der Waals surface area contributed by atoms with Gasteiger partial charge in [0.1, 0.15) is 11.9 Å². The number of carbonyl (C=O) groups is 1. The van der Waals surface area contributed by atoms with E-state index in [1.807, 2.05) is 54.3 Å². The van der Waals surface area contributed by atoms with Crippen LogP contribution in [0.4, 0.5) is 17.1 Å². The second-order valence-corrected chi connectivity index (χ2v) is 6.13. The summed E-state index contributed by atoms with van der Waals surface area (Å²) in [6, 6.07) is 13.4. The van der Waals surface area contributed by atoms with Gasteiger partial charge in [-0.2, -0.15) is 0 Å². The average molecular weight is 325 g/mol. The maximum absolute atomic E-state index is 12.4. The lowest BCUT2D eigenvalue weighted by Crippen LogP contribution is -2.42. The first-order valence-corrected chi connectivity index (χ1v) is 8.25. The van der Waals surface area contributed by atoms with Crippen molar-refractivity contribution in [2.45, 2.75) is 26.4 Å². The maximum atomic E-state index is 12.4. The van der Waals surface area contributed by atoms with E-state index in [1.165, 1.54) is 5.56 Å². The third kappa shape index (κ3) is 3.62. The van der Waals surface area contributed by atoms with Crippen LogP contribution in [0.25, 0.3) is 0 Å². The molecule has 2 aromatic carbocycles. The smallest absolute Gasteiger partial charge is 0.243 e. The summed E-state index contributed by atoms with van der Waals surface area (Å²) >= 11 is 0. The van der Waals surface area contributed by atoms with Gasteiger partial charge in [-0.3, -0.25) is 4.79 Å². The molecule has 0 spiro atoms. The SMILES string of the molecule is CCc1ccc(NC(=O)CN2CC(C)Oc3ccc(N)cc32)cc1. The van der Waals surface area contributed by atoms with Gasteiger partial charge in [0.15, 0.2) is 0 Å². The number of hydrogen-bond donors (Lipinski definition) is 2. The number of benzene rings is 2. The molecule has 1 heterocycles. The van der Waals surface area contributed by atoms with Crippen molar-refractivity contribution in [3.05, 3.63) is 48.0 Å². The first-order chi connectivity index (χ1) is 11.5. The van der Waals surface area contributed by atoms with Crippen LogP contribution in [0.1, 0.15) is 19.4 Å². The van der Waals surface area contributed by atoms with Gasteiger partial charge in [0, 0.05) is 11.4 Å². The van der Waals surface area contributed by atoms with Crippen LogP contribution in [0.2, 0.25) is 0 Å². The molecule has 126 valence electrons. The minimum atomic E-state index is -0.0540. The van der Waals surface area contributed by atoms with Gasteiger partial charge in [-0.15, -0.1) is 0 Å². The molecule has 0 radical (unpaired) electrons. The molecule has 2 aromatic rings. The molecule has 5 heteroatoms. The van der Waals surface area contributed by atoms with Crippen molar-refractivity contribution in [1.29, 1.82) is 0 Å². The fourth-order valence-electron chi connectivity index (χ4n) is 2.89. The number of amides is 1. The quantitative estimate of drug-likeness (QED) is 0.848. The monoisotopic (exact) mass is 325 g/mol. The highest BCUT2D eigenvalue weighted by Gasteiger charge is 2.24. The van der Waals surface area contributed by atoms with Crippen molar-refractivity contribution in [3.8, 4) is 5.75 Å². The van der Waals surface area contributed by atoms with Gasteiger partial charge in [0.2, 0.25) is 5.91 Å². The molecule has 0 saturated heterocycles. The van der Waals surface area contributed by atoms with E-state index in [0.29, 0.717) is 12.2 Å². The summed E-state index contributed by atoms with van der Waals surface area (Å²) in [5.74, 6) is 0.713. The lowest BCUT2D eigenvalue weighted by molar-refractivity contribution is -0.115. The van der Waals surface area contributed by atoms with Crippen LogP contribution in [-0.2, 0) is 11.2 Å². The van der Waals surface area contributed by atoms with Crippen molar-refractivity contribution >= 4 is 23.0 Å². The van der Waals surface area contributed by atoms with Gasteiger partial charge < -0.3 is 20.7 Å². The number of carbonyl (C=O) groups excluding carboxylic acids is 1.